The number of aryl methyl sites for hydroxylation is 1. The number of aliphatic hydroxyl groups excluding tert-OH is 1. The molecule has 0 radical (unpaired) electrons. The summed E-state index contributed by atoms with van der Waals surface area (Å²) < 4.78 is 7.32. The minimum atomic E-state index is -0.585. The summed E-state index contributed by atoms with van der Waals surface area (Å²) in [5, 5.41) is 10.3. The summed E-state index contributed by atoms with van der Waals surface area (Å²) >= 11 is 1.82. The van der Waals surface area contributed by atoms with Crippen molar-refractivity contribution in [2.75, 3.05) is 11.5 Å². The number of hydrogen-bond donors (Lipinski definition) is 2. The molecule has 0 bridgehead atoms. The molecule has 2 rings (SSSR count). The summed E-state index contributed by atoms with van der Waals surface area (Å²) in [7, 11) is 0. The van der Waals surface area contributed by atoms with Gasteiger partial charge in [0.1, 0.15) is 6.23 Å². The van der Waals surface area contributed by atoms with Crippen molar-refractivity contribution in [2.24, 2.45) is 0 Å². The molecular weight excluding hydrogens is 436 g/mol. The molecule has 33 heavy (non-hydrogen) atoms. The zero-order chi connectivity index (χ0) is 23.9. The average Bonchev–Trinajstić information content (AvgIpc) is 3.16. The van der Waals surface area contributed by atoms with Gasteiger partial charge in [0.15, 0.2) is 0 Å². The first-order valence-electron chi connectivity index (χ1n) is 13.3. The minimum Gasteiger partial charge on any atom is -0.390 e. The molecule has 7 heteroatoms. The number of thioether (sulfide) groups is 1. The molecule has 3 atom stereocenters. The topological polar surface area (TPSA) is 84.3 Å². The molecule has 1 aromatic rings. The Morgan fingerprint density at radius 1 is 0.970 bits per heavy atom. The van der Waals surface area contributed by atoms with Crippen LogP contribution in [-0.4, -0.2) is 38.4 Å². The number of H-pyrrole nitrogens is 1. The maximum Gasteiger partial charge on any atom is 0.330 e. The van der Waals surface area contributed by atoms with Crippen LogP contribution < -0.4 is 11.2 Å². The lowest BCUT2D eigenvalue weighted by atomic mass is 10.0. The number of aromatic nitrogens is 2. The van der Waals surface area contributed by atoms with Crippen LogP contribution in [-0.2, 0) is 4.74 Å². The van der Waals surface area contributed by atoms with Gasteiger partial charge in [-0.2, -0.15) is 11.8 Å². The highest BCUT2D eigenvalue weighted by Crippen LogP contribution is 2.29. The fourth-order valence-electron chi connectivity index (χ4n) is 4.43. The monoisotopic (exact) mass is 482 g/mol. The van der Waals surface area contributed by atoms with Crippen molar-refractivity contribution >= 4 is 11.8 Å². The molecule has 2 heterocycles. The van der Waals surface area contributed by atoms with Gasteiger partial charge in [-0.1, -0.05) is 90.4 Å². The van der Waals surface area contributed by atoms with Crippen LogP contribution in [0.3, 0.4) is 0 Å². The molecule has 190 valence electrons. The van der Waals surface area contributed by atoms with E-state index in [1.165, 1.54) is 101 Å². The second kappa shape index (κ2) is 16.6. The summed E-state index contributed by atoms with van der Waals surface area (Å²) in [5.74, 6) is 1.81. The van der Waals surface area contributed by atoms with Gasteiger partial charge in [-0.25, -0.2) is 4.79 Å². The Morgan fingerprint density at radius 3 is 2.09 bits per heavy atom. The van der Waals surface area contributed by atoms with Crippen LogP contribution in [0.15, 0.2) is 15.8 Å². The van der Waals surface area contributed by atoms with Gasteiger partial charge in [0.25, 0.3) is 5.56 Å². The number of aliphatic hydroxyl groups is 1. The summed E-state index contributed by atoms with van der Waals surface area (Å²) in [4.78, 5) is 25.9. The molecule has 6 nitrogen and oxygen atoms in total. The zero-order valence-corrected chi connectivity index (χ0v) is 21.7. The van der Waals surface area contributed by atoms with Crippen LogP contribution in [0.1, 0.15) is 115 Å². The van der Waals surface area contributed by atoms with E-state index in [0.717, 1.165) is 11.5 Å². The first-order valence-corrected chi connectivity index (χ1v) is 14.4. The third kappa shape index (κ3) is 10.8. The predicted molar refractivity (Wildman–Crippen MR) is 138 cm³/mol. The van der Waals surface area contributed by atoms with Crippen molar-refractivity contribution in [3.05, 3.63) is 32.6 Å². The number of hydrogen-bond acceptors (Lipinski definition) is 5. The maximum absolute atomic E-state index is 12.1. The molecule has 1 aromatic heterocycles. The van der Waals surface area contributed by atoms with Crippen molar-refractivity contribution < 1.29 is 9.84 Å². The Morgan fingerprint density at radius 2 is 1.52 bits per heavy atom. The van der Waals surface area contributed by atoms with E-state index >= 15 is 0 Å². The summed E-state index contributed by atoms with van der Waals surface area (Å²) in [6.45, 7) is 3.93. The van der Waals surface area contributed by atoms with Gasteiger partial charge in [0, 0.05) is 23.9 Å². The summed E-state index contributed by atoms with van der Waals surface area (Å²) in [5.41, 5.74) is -0.406. The van der Waals surface area contributed by atoms with Gasteiger partial charge in [-0.15, -0.1) is 0 Å². The molecule has 1 aliphatic heterocycles. The number of ether oxygens (including phenoxy) is 1. The van der Waals surface area contributed by atoms with Crippen LogP contribution in [0.4, 0.5) is 0 Å². The van der Waals surface area contributed by atoms with Crippen molar-refractivity contribution in [3.63, 3.8) is 0 Å². The lowest BCUT2D eigenvalue weighted by molar-refractivity contribution is -0.00764. The van der Waals surface area contributed by atoms with E-state index in [1.54, 1.807) is 6.92 Å². The first-order chi connectivity index (χ1) is 16.0. The number of aromatic amines is 1. The summed E-state index contributed by atoms with van der Waals surface area (Å²) in [6.07, 6.45) is 19.6. The maximum atomic E-state index is 12.1. The fraction of sp³-hybridized carbons (Fsp3) is 0.846. The lowest BCUT2D eigenvalue weighted by Crippen LogP contribution is -2.33. The van der Waals surface area contributed by atoms with Gasteiger partial charge >= 0.3 is 5.69 Å². The van der Waals surface area contributed by atoms with Crippen LogP contribution in [0.2, 0.25) is 0 Å². The van der Waals surface area contributed by atoms with E-state index in [4.69, 9.17) is 4.74 Å². The Balaban J connectivity index is 1.45. The molecule has 1 fully saturated rings. The van der Waals surface area contributed by atoms with E-state index in [0.29, 0.717) is 12.0 Å². The van der Waals surface area contributed by atoms with Crippen molar-refractivity contribution in [2.45, 2.75) is 129 Å². The third-order valence-electron chi connectivity index (χ3n) is 6.58. The number of nitrogens with one attached hydrogen (secondary N) is 1. The number of nitrogens with zero attached hydrogens (tertiary/aromatic N) is 1. The lowest BCUT2D eigenvalue weighted by Gasteiger charge is -2.16. The molecule has 0 amide bonds. The quantitative estimate of drug-likeness (QED) is 0.262. The van der Waals surface area contributed by atoms with Crippen LogP contribution in [0.5, 0.6) is 0 Å². The standard InChI is InChI=1S/C26H46N2O4S/c1-3-4-5-6-7-8-9-10-11-12-13-14-15-16-17-33-20-23-22(29)18-24(32-23)28-19-21(2)25(30)27-26(28)31/h19,22-24,29H,3-18,20H2,1-2H3,(H,27,30,31)/t22-,23+,24+/m0/s1. The van der Waals surface area contributed by atoms with Crippen LogP contribution in [0, 0.1) is 6.92 Å². The second-order valence-electron chi connectivity index (χ2n) is 9.58. The van der Waals surface area contributed by atoms with E-state index < -0.39 is 18.0 Å². The molecular formula is C26H46N2O4S. The highest BCUT2D eigenvalue weighted by atomic mass is 32.2. The molecule has 1 saturated heterocycles. The van der Waals surface area contributed by atoms with Gasteiger partial charge in [0.05, 0.1) is 12.2 Å². The zero-order valence-electron chi connectivity index (χ0n) is 20.9. The predicted octanol–water partition coefficient (Wildman–Crippen LogP) is 5.71. The SMILES string of the molecule is CCCCCCCCCCCCCCCCSC[C@H]1O[C@@H](n2cc(C)c(=O)[nH]c2=O)C[C@@H]1O. The van der Waals surface area contributed by atoms with Crippen molar-refractivity contribution in [1.29, 1.82) is 0 Å². The minimum absolute atomic E-state index is 0.272. The molecule has 0 aliphatic carbocycles. The smallest absolute Gasteiger partial charge is 0.330 e. The molecule has 0 aromatic carbocycles. The normalized spacial score (nSPS) is 20.5. The molecule has 0 spiro atoms. The van der Waals surface area contributed by atoms with Gasteiger partial charge < -0.3 is 9.84 Å². The Hall–Kier alpha value is -1.05. The Bertz CT molecular complexity index is 763. The first kappa shape index (κ1) is 28.2. The van der Waals surface area contributed by atoms with Gasteiger partial charge in [-0.3, -0.25) is 14.3 Å². The average molecular weight is 483 g/mol. The molecule has 1 aliphatic rings. The third-order valence-corrected chi connectivity index (χ3v) is 7.73. The molecule has 0 saturated carbocycles. The molecule has 2 N–H and O–H groups in total. The van der Waals surface area contributed by atoms with Crippen molar-refractivity contribution in [1.82, 2.24) is 9.55 Å². The Labute approximate surface area is 203 Å². The van der Waals surface area contributed by atoms with Gasteiger partial charge in [0.2, 0.25) is 0 Å². The van der Waals surface area contributed by atoms with Gasteiger partial charge in [-0.05, 0) is 19.1 Å². The largest absolute Gasteiger partial charge is 0.390 e. The number of rotatable bonds is 18. The highest BCUT2D eigenvalue weighted by Gasteiger charge is 2.35. The summed E-state index contributed by atoms with van der Waals surface area (Å²) in [6, 6.07) is 0. The Kier molecular flexibility index (Phi) is 14.1. The highest BCUT2D eigenvalue weighted by molar-refractivity contribution is 7.99. The van der Waals surface area contributed by atoms with E-state index in [1.807, 2.05) is 11.8 Å². The fourth-order valence-corrected chi connectivity index (χ4v) is 5.54. The van der Waals surface area contributed by atoms with Crippen molar-refractivity contribution in [3.8, 4) is 0 Å². The molecule has 0 unspecified atom stereocenters. The van der Waals surface area contributed by atoms with E-state index in [9.17, 15) is 14.7 Å². The van der Waals surface area contributed by atoms with E-state index in [-0.39, 0.29) is 11.7 Å². The van der Waals surface area contributed by atoms with Crippen LogP contribution >= 0.6 is 11.8 Å². The van der Waals surface area contributed by atoms with E-state index in [2.05, 4.69) is 11.9 Å². The van der Waals surface area contributed by atoms with Crippen LogP contribution in [0.25, 0.3) is 0 Å². The second-order valence-corrected chi connectivity index (χ2v) is 10.7. The number of unbranched alkanes of at least 4 members (excludes halogenated alkanes) is 13.